The van der Waals surface area contributed by atoms with Crippen LogP contribution in [0, 0.1) is 17.3 Å². The molecule has 0 aliphatic carbocycles. The van der Waals surface area contributed by atoms with E-state index in [2.05, 4.69) is 25.7 Å². The highest BCUT2D eigenvalue weighted by molar-refractivity contribution is 4.92. The summed E-state index contributed by atoms with van der Waals surface area (Å²) in [6.07, 6.45) is 3.77. The molecule has 0 saturated carbocycles. The molecule has 0 spiro atoms. The first-order valence-electron chi connectivity index (χ1n) is 8.06. The highest BCUT2D eigenvalue weighted by Gasteiger charge is 2.41. The zero-order valence-electron chi connectivity index (χ0n) is 13.0. The van der Waals surface area contributed by atoms with Gasteiger partial charge < -0.3 is 9.47 Å². The Hall–Kier alpha value is -0.120. The van der Waals surface area contributed by atoms with Crippen molar-refractivity contribution in [1.82, 2.24) is 4.90 Å². The standard InChI is InChI=1S/C16H31NO2/c1-4-15(14(2)3)16(5-9-18-10-6-16)13-17-7-11-19-12-8-17/h14-15H,4-13H2,1-3H3. The summed E-state index contributed by atoms with van der Waals surface area (Å²) in [5.41, 5.74) is 0.471. The lowest BCUT2D eigenvalue weighted by Gasteiger charge is -2.48. The molecule has 2 fully saturated rings. The van der Waals surface area contributed by atoms with Gasteiger partial charge in [-0.25, -0.2) is 0 Å². The molecule has 2 rings (SSSR count). The van der Waals surface area contributed by atoms with Crippen molar-refractivity contribution in [2.45, 2.75) is 40.0 Å². The summed E-state index contributed by atoms with van der Waals surface area (Å²) in [7, 11) is 0. The zero-order valence-corrected chi connectivity index (χ0v) is 13.0. The predicted molar refractivity (Wildman–Crippen MR) is 78.4 cm³/mol. The van der Waals surface area contributed by atoms with Crippen molar-refractivity contribution in [3.8, 4) is 0 Å². The van der Waals surface area contributed by atoms with Crippen LogP contribution < -0.4 is 0 Å². The molecule has 1 atom stereocenters. The normalized spacial score (nSPS) is 26.5. The maximum atomic E-state index is 5.65. The molecule has 1 unspecified atom stereocenters. The minimum absolute atomic E-state index is 0.471. The van der Waals surface area contributed by atoms with E-state index >= 15 is 0 Å². The van der Waals surface area contributed by atoms with Crippen molar-refractivity contribution in [1.29, 1.82) is 0 Å². The van der Waals surface area contributed by atoms with E-state index in [-0.39, 0.29) is 0 Å². The lowest BCUT2D eigenvalue weighted by Crippen LogP contribution is -2.50. The van der Waals surface area contributed by atoms with Crippen LogP contribution in [0.25, 0.3) is 0 Å². The molecule has 2 aliphatic rings. The average molecular weight is 269 g/mol. The van der Waals surface area contributed by atoms with Gasteiger partial charge in [0, 0.05) is 32.8 Å². The Morgan fingerprint density at radius 2 is 1.58 bits per heavy atom. The largest absolute Gasteiger partial charge is 0.381 e. The molecule has 0 amide bonds. The zero-order chi connectivity index (χ0) is 13.7. The van der Waals surface area contributed by atoms with Gasteiger partial charge in [0.15, 0.2) is 0 Å². The Kier molecular flexibility index (Phi) is 5.67. The number of ether oxygens (including phenoxy) is 2. The molecule has 0 bridgehead atoms. The fourth-order valence-electron chi connectivity index (χ4n) is 4.24. The Bertz CT molecular complexity index is 255. The van der Waals surface area contributed by atoms with Crippen LogP contribution >= 0.6 is 0 Å². The molecular formula is C16H31NO2. The van der Waals surface area contributed by atoms with Gasteiger partial charge in [0.1, 0.15) is 0 Å². The second kappa shape index (κ2) is 7.05. The monoisotopic (exact) mass is 269 g/mol. The molecule has 112 valence electrons. The molecule has 3 nitrogen and oxygen atoms in total. The van der Waals surface area contributed by atoms with Crippen LogP contribution in [0.3, 0.4) is 0 Å². The molecule has 0 N–H and O–H groups in total. The minimum Gasteiger partial charge on any atom is -0.381 e. The van der Waals surface area contributed by atoms with Gasteiger partial charge >= 0.3 is 0 Å². The average Bonchev–Trinajstić information content (AvgIpc) is 2.41. The third-order valence-electron chi connectivity index (χ3n) is 5.16. The molecule has 0 radical (unpaired) electrons. The van der Waals surface area contributed by atoms with E-state index in [1.165, 1.54) is 25.8 Å². The molecular weight excluding hydrogens is 238 g/mol. The van der Waals surface area contributed by atoms with Gasteiger partial charge in [-0.15, -0.1) is 0 Å². The summed E-state index contributed by atoms with van der Waals surface area (Å²) in [6.45, 7) is 14.3. The van der Waals surface area contributed by atoms with Crippen molar-refractivity contribution in [3.63, 3.8) is 0 Å². The van der Waals surface area contributed by atoms with E-state index in [0.29, 0.717) is 5.41 Å². The van der Waals surface area contributed by atoms with Gasteiger partial charge in [0.2, 0.25) is 0 Å². The van der Waals surface area contributed by atoms with Crippen LogP contribution in [0.1, 0.15) is 40.0 Å². The maximum absolute atomic E-state index is 5.65. The van der Waals surface area contributed by atoms with Gasteiger partial charge in [0.05, 0.1) is 13.2 Å². The van der Waals surface area contributed by atoms with Crippen LogP contribution in [0.2, 0.25) is 0 Å². The first-order chi connectivity index (χ1) is 9.18. The van der Waals surface area contributed by atoms with Crippen LogP contribution in [0.5, 0.6) is 0 Å². The lowest BCUT2D eigenvalue weighted by atomic mass is 9.64. The van der Waals surface area contributed by atoms with E-state index in [0.717, 1.165) is 51.4 Å². The molecule has 19 heavy (non-hydrogen) atoms. The van der Waals surface area contributed by atoms with Crippen LogP contribution in [-0.2, 0) is 9.47 Å². The van der Waals surface area contributed by atoms with Crippen molar-refractivity contribution in [2.24, 2.45) is 17.3 Å². The van der Waals surface area contributed by atoms with Gasteiger partial charge in [0.25, 0.3) is 0 Å². The summed E-state index contributed by atoms with van der Waals surface area (Å²) in [6, 6.07) is 0. The molecule has 3 heteroatoms. The second-order valence-corrected chi connectivity index (χ2v) is 6.62. The topological polar surface area (TPSA) is 21.7 Å². The molecule has 2 heterocycles. The van der Waals surface area contributed by atoms with E-state index in [4.69, 9.17) is 9.47 Å². The van der Waals surface area contributed by atoms with E-state index in [9.17, 15) is 0 Å². The van der Waals surface area contributed by atoms with Crippen molar-refractivity contribution >= 4 is 0 Å². The van der Waals surface area contributed by atoms with Gasteiger partial charge in [-0.05, 0) is 30.1 Å². The van der Waals surface area contributed by atoms with E-state index in [1.807, 2.05) is 0 Å². The Morgan fingerprint density at radius 1 is 1.00 bits per heavy atom. The van der Waals surface area contributed by atoms with E-state index < -0.39 is 0 Å². The first kappa shape index (κ1) is 15.3. The smallest absolute Gasteiger partial charge is 0.0594 e. The first-order valence-corrected chi connectivity index (χ1v) is 8.06. The van der Waals surface area contributed by atoms with E-state index in [1.54, 1.807) is 0 Å². The summed E-state index contributed by atoms with van der Waals surface area (Å²) in [4.78, 5) is 2.62. The number of rotatable bonds is 5. The molecule has 0 aromatic heterocycles. The van der Waals surface area contributed by atoms with Gasteiger partial charge in [-0.3, -0.25) is 4.90 Å². The highest BCUT2D eigenvalue weighted by Crippen LogP contribution is 2.44. The predicted octanol–water partition coefficient (Wildman–Crippen LogP) is 2.80. The fourth-order valence-corrected chi connectivity index (χ4v) is 4.24. The quantitative estimate of drug-likeness (QED) is 0.766. The van der Waals surface area contributed by atoms with Crippen LogP contribution in [-0.4, -0.2) is 51.0 Å². The Morgan fingerprint density at radius 3 is 2.11 bits per heavy atom. The number of hydrogen-bond donors (Lipinski definition) is 0. The van der Waals surface area contributed by atoms with Gasteiger partial charge in [-0.2, -0.15) is 0 Å². The minimum atomic E-state index is 0.471. The fraction of sp³-hybridized carbons (Fsp3) is 1.00. The molecule has 2 saturated heterocycles. The second-order valence-electron chi connectivity index (χ2n) is 6.62. The van der Waals surface area contributed by atoms with Gasteiger partial charge in [-0.1, -0.05) is 27.2 Å². The summed E-state index contributed by atoms with van der Waals surface area (Å²) in [5, 5.41) is 0. The van der Waals surface area contributed by atoms with Crippen molar-refractivity contribution < 1.29 is 9.47 Å². The Labute approximate surface area is 118 Å². The molecule has 0 aromatic carbocycles. The third kappa shape index (κ3) is 3.71. The third-order valence-corrected chi connectivity index (χ3v) is 5.16. The van der Waals surface area contributed by atoms with Crippen molar-refractivity contribution in [3.05, 3.63) is 0 Å². The number of morpholine rings is 1. The van der Waals surface area contributed by atoms with Crippen molar-refractivity contribution in [2.75, 3.05) is 46.1 Å². The lowest BCUT2D eigenvalue weighted by molar-refractivity contribution is -0.0666. The van der Waals surface area contributed by atoms with Crippen LogP contribution in [0.4, 0.5) is 0 Å². The van der Waals surface area contributed by atoms with Crippen LogP contribution in [0.15, 0.2) is 0 Å². The summed E-state index contributed by atoms with van der Waals surface area (Å²) < 4.78 is 11.1. The maximum Gasteiger partial charge on any atom is 0.0594 e. The molecule has 0 aromatic rings. The molecule has 2 aliphatic heterocycles. The number of nitrogens with zero attached hydrogens (tertiary/aromatic N) is 1. The SMILES string of the molecule is CCC(C(C)C)C1(CN2CCOCC2)CCOCC1. The highest BCUT2D eigenvalue weighted by atomic mass is 16.5. The number of hydrogen-bond acceptors (Lipinski definition) is 3. The summed E-state index contributed by atoms with van der Waals surface area (Å²) in [5.74, 6) is 1.59. The Balaban J connectivity index is 2.08. The summed E-state index contributed by atoms with van der Waals surface area (Å²) >= 11 is 0.